The fourth-order valence-electron chi connectivity index (χ4n) is 1.42. The maximum Gasteiger partial charge on any atom is 0.133 e. The lowest BCUT2D eigenvalue weighted by Crippen LogP contribution is -2.43. The molecule has 1 aliphatic rings. The highest BCUT2D eigenvalue weighted by molar-refractivity contribution is 9.10. The normalized spacial score (nSPS) is 26.6. The summed E-state index contributed by atoms with van der Waals surface area (Å²) < 4.78 is 6.73. The van der Waals surface area contributed by atoms with Gasteiger partial charge in [-0.3, -0.25) is 0 Å². The van der Waals surface area contributed by atoms with Crippen LogP contribution in [0.5, 0.6) is 5.75 Å². The van der Waals surface area contributed by atoms with Gasteiger partial charge < -0.3 is 10.5 Å². The summed E-state index contributed by atoms with van der Waals surface area (Å²) >= 11 is 3.44. The molecule has 0 unspecified atom stereocenters. The van der Waals surface area contributed by atoms with Gasteiger partial charge in [0.1, 0.15) is 11.9 Å². The molecule has 2 nitrogen and oxygen atoms in total. The third-order valence-corrected chi connectivity index (χ3v) is 2.92. The van der Waals surface area contributed by atoms with Gasteiger partial charge in [-0.2, -0.15) is 0 Å². The second-order valence-corrected chi connectivity index (χ2v) is 4.26. The zero-order valence-electron chi connectivity index (χ0n) is 7.24. The quantitative estimate of drug-likeness (QED) is 0.863. The van der Waals surface area contributed by atoms with Crippen molar-refractivity contribution in [1.82, 2.24) is 0 Å². The number of benzene rings is 1. The summed E-state index contributed by atoms with van der Waals surface area (Å²) in [6.07, 6.45) is 2.26. The number of ether oxygens (including phenoxy) is 1. The maximum absolute atomic E-state index is 5.72. The Morgan fingerprint density at radius 3 is 2.62 bits per heavy atom. The van der Waals surface area contributed by atoms with E-state index in [0.29, 0.717) is 12.1 Å². The standard InChI is InChI=1S/C10H12BrNO/c11-9-3-1-2-4-10(9)13-8-5-7(12)6-8/h1-4,7-8H,5-6,12H2. The molecule has 1 fully saturated rings. The van der Waals surface area contributed by atoms with Crippen LogP contribution < -0.4 is 10.5 Å². The number of para-hydroxylation sites is 1. The van der Waals surface area contributed by atoms with E-state index in [1.807, 2.05) is 24.3 Å². The number of rotatable bonds is 2. The van der Waals surface area contributed by atoms with Gasteiger partial charge in [-0.05, 0) is 40.9 Å². The van der Waals surface area contributed by atoms with Gasteiger partial charge in [0.2, 0.25) is 0 Å². The van der Waals surface area contributed by atoms with Gasteiger partial charge in [0.05, 0.1) is 4.47 Å². The predicted octanol–water partition coefficient (Wildman–Crippen LogP) is 2.32. The van der Waals surface area contributed by atoms with Crippen LogP contribution in [0, 0.1) is 0 Å². The molecule has 1 saturated carbocycles. The Hall–Kier alpha value is -0.540. The molecule has 2 rings (SSSR count). The molecule has 1 aliphatic carbocycles. The number of nitrogens with two attached hydrogens (primary N) is 1. The highest BCUT2D eigenvalue weighted by atomic mass is 79.9. The van der Waals surface area contributed by atoms with Crippen molar-refractivity contribution in [3.63, 3.8) is 0 Å². The molecular weight excluding hydrogens is 230 g/mol. The third-order valence-electron chi connectivity index (χ3n) is 2.26. The Morgan fingerprint density at radius 1 is 1.31 bits per heavy atom. The number of halogens is 1. The summed E-state index contributed by atoms with van der Waals surface area (Å²) in [6, 6.07) is 8.23. The van der Waals surface area contributed by atoms with Gasteiger partial charge in [-0.25, -0.2) is 0 Å². The van der Waals surface area contributed by atoms with E-state index in [-0.39, 0.29) is 0 Å². The molecule has 1 aromatic rings. The zero-order valence-corrected chi connectivity index (χ0v) is 8.83. The smallest absolute Gasteiger partial charge is 0.133 e. The molecule has 0 bridgehead atoms. The van der Waals surface area contributed by atoms with Crippen LogP contribution in [0.1, 0.15) is 12.8 Å². The molecule has 0 radical (unpaired) electrons. The van der Waals surface area contributed by atoms with Gasteiger partial charge in [0.15, 0.2) is 0 Å². The highest BCUT2D eigenvalue weighted by Crippen LogP contribution is 2.29. The lowest BCUT2D eigenvalue weighted by Gasteiger charge is -2.32. The van der Waals surface area contributed by atoms with Crippen molar-refractivity contribution < 1.29 is 4.74 Å². The Morgan fingerprint density at radius 2 is 2.00 bits per heavy atom. The zero-order chi connectivity index (χ0) is 9.26. The first-order valence-electron chi connectivity index (χ1n) is 4.42. The summed E-state index contributed by atoms with van der Waals surface area (Å²) in [5.74, 6) is 0.916. The highest BCUT2D eigenvalue weighted by Gasteiger charge is 2.27. The van der Waals surface area contributed by atoms with E-state index in [2.05, 4.69) is 15.9 Å². The first kappa shape index (κ1) is 9.03. The summed E-state index contributed by atoms with van der Waals surface area (Å²) in [4.78, 5) is 0. The maximum atomic E-state index is 5.72. The van der Waals surface area contributed by atoms with Gasteiger partial charge >= 0.3 is 0 Å². The molecular formula is C10H12BrNO. The van der Waals surface area contributed by atoms with Crippen molar-refractivity contribution in [3.05, 3.63) is 28.7 Å². The average Bonchev–Trinajstić information content (AvgIpc) is 2.06. The predicted molar refractivity (Wildman–Crippen MR) is 55.8 cm³/mol. The van der Waals surface area contributed by atoms with Gasteiger partial charge in [-0.15, -0.1) is 0 Å². The lowest BCUT2D eigenvalue weighted by molar-refractivity contribution is 0.100. The van der Waals surface area contributed by atoms with Crippen molar-refractivity contribution in [1.29, 1.82) is 0 Å². The number of hydrogen-bond donors (Lipinski definition) is 1. The van der Waals surface area contributed by atoms with Crippen LogP contribution in [0.4, 0.5) is 0 Å². The first-order valence-corrected chi connectivity index (χ1v) is 5.22. The van der Waals surface area contributed by atoms with E-state index < -0.39 is 0 Å². The van der Waals surface area contributed by atoms with E-state index in [1.165, 1.54) is 0 Å². The van der Waals surface area contributed by atoms with Crippen LogP contribution in [-0.2, 0) is 0 Å². The van der Waals surface area contributed by atoms with Crippen LogP contribution in [0.15, 0.2) is 28.7 Å². The van der Waals surface area contributed by atoms with E-state index in [9.17, 15) is 0 Å². The van der Waals surface area contributed by atoms with Crippen molar-refractivity contribution in [3.8, 4) is 5.75 Å². The van der Waals surface area contributed by atoms with E-state index in [4.69, 9.17) is 10.5 Å². The van der Waals surface area contributed by atoms with Gasteiger partial charge in [-0.1, -0.05) is 12.1 Å². The van der Waals surface area contributed by atoms with Crippen molar-refractivity contribution >= 4 is 15.9 Å². The molecule has 0 atom stereocenters. The van der Waals surface area contributed by atoms with Crippen LogP contribution in [-0.4, -0.2) is 12.1 Å². The van der Waals surface area contributed by atoms with Crippen molar-refractivity contribution in [2.24, 2.45) is 5.73 Å². The molecule has 0 aromatic heterocycles. The molecule has 2 N–H and O–H groups in total. The summed E-state index contributed by atoms with van der Waals surface area (Å²) in [6.45, 7) is 0. The fraction of sp³-hybridized carbons (Fsp3) is 0.400. The topological polar surface area (TPSA) is 35.2 Å². The molecule has 0 spiro atoms. The second kappa shape index (κ2) is 3.68. The summed E-state index contributed by atoms with van der Waals surface area (Å²) in [5, 5.41) is 0. The number of hydrogen-bond acceptors (Lipinski definition) is 2. The minimum absolute atomic E-state index is 0.314. The van der Waals surface area contributed by atoms with E-state index in [1.54, 1.807) is 0 Å². The molecule has 0 amide bonds. The van der Waals surface area contributed by atoms with Crippen LogP contribution in [0.25, 0.3) is 0 Å². The van der Waals surface area contributed by atoms with Crippen LogP contribution >= 0.6 is 15.9 Å². The van der Waals surface area contributed by atoms with E-state index in [0.717, 1.165) is 23.1 Å². The minimum atomic E-state index is 0.314. The lowest BCUT2D eigenvalue weighted by atomic mass is 9.90. The van der Waals surface area contributed by atoms with Crippen molar-refractivity contribution in [2.45, 2.75) is 25.0 Å². The minimum Gasteiger partial charge on any atom is -0.489 e. The molecule has 0 heterocycles. The first-order chi connectivity index (χ1) is 6.25. The van der Waals surface area contributed by atoms with Gasteiger partial charge in [0.25, 0.3) is 0 Å². The Kier molecular flexibility index (Phi) is 2.56. The molecule has 70 valence electrons. The van der Waals surface area contributed by atoms with E-state index >= 15 is 0 Å². The molecule has 0 aliphatic heterocycles. The Labute approximate surface area is 86.2 Å². The third kappa shape index (κ3) is 2.03. The second-order valence-electron chi connectivity index (χ2n) is 3.40. The fourth-order valence-corrected chi connectivity index (χ4v) is 1.80. The largest absolute Gasteiger partial charge is 0.489 e. The summed E-state index contributed by atoms with van der Waals surface area (Å²) in [5.41, 5.74) is 5.67. The van der Waals surface area contributed by atoms with Crippen LogP contribution in [0.2, 0.25) is 0 Å². The average molecular weight is 242 g/mol. The Balaban J connectivity index is 1.98. The van der Waals surface area contributed by atoms with Crippen LogP contribution in [0.3, 0.4) is 0 Å². The molecule has 1 aromatic carbocycles. The van der Waals surface area contributed by atoms with Gasteiger partial charge in [0, 0.05) is 6.04 Å². The molecule has 3 heteroatoms. The summed E-state index contributed by atoms with van der Waals surface area (Å²) in [7, 11) is 0. The Bertz CT molecular complexity index is 297. The monoisotopic (exact) mass is 241 g/mol. The molecule has 0 saturated heterocycles. The van der Waals surface area contributed by atoms with Crippen molar-refractivity contribution in [2.75, 3.05) is 0 Å². The SMILES string of the molecule is NC1CC(Oc2ccccc2Br)C1. The molecule has 13 heavy (non-hydrogen) atoms.